The molecule has 1 aliphatic rings. The average molecular weight is 392 g/mol. The molecule has 2 aromatic heterocycles. The predicted molar refractivity (Wildman–Crippen MR) is 111 cm³/mol. The molecule has 0 bridgehead atoms. The van der Waals surface area contributed by atoms with Gasteiger partial charge in [0.15, 0.2) is 0 Å². The molecule has 0 saturated carbocycles. The van der Waals surface area contributed by atoms with E-state index in [0.29, 0.717) is 23.9 Å². The molecule has 0 N–H and O–H groups in total. The van der Waals surface area contributed by atoms with Crippen LogP contribution in [-0.4, -0.2) is 58.5 Å². The molecule has 0 unspecified atom stereocenters. The van der Waals surface area contributed by atoms with Crippen LogP contribution in [0.3, 0.4) is 0 Å². The molecule has 4 rings (SSSR count). The number of ether oxygens (including phenoxy) is 1. The second-order valence-electron chi connectivity index (χ2n) is 6.90. The fourth-order valence-corrected chi connectivity index (χ4v) is 3.41. The van der Waals surface area contributed by atoms with Crippen LogP contribution in [0.4, 0.5) is 11.5 Å². The Kier molecular flexibility index (Phi) is 5.41. The minimum atomic E-state index is -0.406. The highest BCUT2D eigenvalue weighted by molar-refractivity contribution is 5.94. The lowest BCUT2D eigenvalue weighted by Crippen LogP contribution is -2.47. The normalized spacial score (nSPS) is 14.1. The monoisotopic (exact) mass is 392 g/mol. The molecule has 29 heavy (non-hydrogen) atoms. The molecule has 0 radical (unpaired) electrons. The van der Waals surface area contributed by atoms with Crippen LogP contribution in [-0.2, 0) is 4.74 Å². The fraction of sp³-hybridized carbons (Fsp3) is 0.333. The van der Waals surface area contributed by atoms with E-state index in [1.807, 2.05) is 31.3 Å². The summed E-state index contributed by atoms with van der Waals surface area (Å²) in [5.74, 6) is 0.622. The van der Waals surface area contributed by atoms with Crippen LogP contribution in [0.15, 0.2) is 48.9 Å². The number of esters is 1. The van der Waals surface area contributed by atoms with E-state index in [2.05, 4.69) is 37.0 Å². The topological polar surface area (TPSA) is 76.4 Å². The van der Waals surface area contributed by atoms with Crippen molar-refractivity contribution in [2.75, 3.05) is 42.6 Å². The van der Waals surface area contributed by atoms with Gasteiger partial charge in [0, 0.05) is 44.3 Å². The number of aryl methyl sites for hydroxylation is 1. The molecule has 0 aliphatic carbocycles. The maximum Gasteiger partial charge on any atom is 0.343 e. The summed E-state index contributed by atoms with van der Waals surface area (Å²) in [6.45, 7) is 7.23. The Morgan fingerprint density at radius 2 is 1.79 bits per heavy atom. The summed E-state index contributed by atoms with van der Waals surface area (Å²) in [7, 11) is 0. The van der Waals surface area contributed by atoms with Crippen molar-refractivity contribution in [1.82, 2.24) is 19.7 Å². The Morgan fingerprint density at radius 3 is 2.45 bits per heavy atom. The maximum atomic E-state index is 12.5. The number of anilines is 2. The van der Waals surface area contributed by atoms with Gasteiger partial charge in [-0.25, -0.2) is 14.5 Å². The lowest BCUT2D eigenvalue weighted by Gasteiger charge is -2.37. The van der Waals surface area contributed by atoms with Gasteiger partial charge in [-0.1, -0.05) is 18.2 Å². The van der Waals surface area contributed by atoms with E-state index in [1.54, 1.807) is 17.8 Å². The summed E-state index contributed by atoms with van der Waals surface area (Å²) in [4.78, 5) is 25.9. The van der Waals surface area contributed by atoms with Crippen LogP contribution < -0.4 is 9.80 Å². The number of hydrogen-bond acceptors (Lipinski definition) is 7. The number of aromatic nitrogens is 4. The van der Waals surface area contributed by atoms with E-state index in [0.717, 1.165) is 31.7 Å². The van der Waals surface area contributed by atoms with E-state index in [4.69, 9.17) is 4.74 Å². The van der Waals surface area contributed by atoms with Crippen LogP contribution in [0.1, 0.15) is 22.8 Å². The molecule has 0 spiro atoms. The minimum absolute atomic E-state index is 0.306. The number of para-hydroxylation sites is 1. The smallest absolute Gasteiger partial charge is 0.343 e. The predicted octanol–water partition coefficient (Wildman–Crippen LogP) is 2.47. The Morgan fingerprint density at radius 1 is 1.07 bits per heavy atom. The largest absolute Gasteiger partial charge is 0.462 e. The van der Waals surface area contributed by atoms with Gasteiger partial charge in [-0.05, 0) is 31.5 Å². The van der Waals surface area contributed by atoms with Crippen LogP contribution in [0.2, 0.25) is 0 Å². The average Bonchev–Trinajstić information content (AvgIpc) is 3.20. The molecule has 3 heterocycles. The zero-order chi connectivity index (χ0) is 20.2. The molecular weight excluding hydrogens is 368 g/mol. The summed E-state index contributed by atoms with van der Waals surface area (Å²) < 4.78 is 6.84. The summed E-state index contributed by atoms with van der Waals surface area (Å²) in [5, 5.41) is 4.28. The molecule has 1 saturated heterocycles. The number of benzene rings is 1. The summed E-state index contributed by atoms with van der Waals surface area (Å²) in [6.07, 6.45) is 5.15. The molecule has 150 valence electrons. The minimum Gasteiger partial charge on any atom is -0.462 e. The van der Waals surface area contributed by atoms with Crippen molar-refractivity contribution in [1.29, 1.82) is 0 Å². The highest BCUT2D eigenvalue weighted by atomic mass is 16.5. The summed E-state index contributed by atoms with van der Waals surface area (Å²) >= 11 is 0. The van der Waals surface area contributed by atoms with Crippen molar-refractivity contribution in [3.8, 4) is 5.95 Å². The van der Waals surface area contributed by atoms with E-state index < -0.39 is 5.97 Å². The van der Waals surface area contributed by atoms with Gasteiger partial charge in [-0.15, -0.1) is 0 Å². The second-order valence-corrected chi connectivity index (χ2v) is 6.90. The molecular formula is C21H24N6O2. The maximum absolute atomic E-state index is 12.5. The number of nitrogens with zero attached hydrogens (tertiary/aromatic N) is 6. The van der Waals surface area contributed by atoms with Crippen molar-refractivity contribution in [3.63, 3.8) is 0 Å². The first-order valence-corrected chi connectivity index (χ1v) is 9.76. The van der Waals surface area contributed by atoms with Gasteiger partial charge in [0.2, 0.25) is 0 Å². The fourth-order valence-electron chi connectivity index (χ4n) is 3.41. The first kappa shape index (κ1) is 18.9. The second kappa shape index (κ2) is 8.30. The Bertz CT molecular complexity index is 980. The van der Waals surface area contributed by atoms with Gasteiger partial charge >= 0.3 is 5.97 Å². The zero-order valence-electron chi connectivity index (χ0n) is 16.7. The molecule has 8 heteroatoms. The third kappa shape index (κ3) is 4.06. The zero-order valence-corrected chi connectivity index (χ0v) is 16.7. The first-order valence-electron chi connectivity index (χ1n) is 9.76. The lowest BCUT2D eigenvalue weighted by molar-refractivity contribution is 0.0526. The third-order valence-corrected chi connectivity index (χ3v) is 4.87. The highest BCUT2D eigenvalue weighted by Gasteiger charge is 2.25. The van der Waals surface area contributed by atoms with Gasteiger partial charge in [0.1, 0.15) is 11.4 Å². The van der Waals surface area contributed by atoms with Crippen molar-refractivity contribution in [2.45, 2.75) is 13.8 Å². The van der Waals surface area contributed by atoms with E-state index in [9.17, 15) is 4.79 Å². The molecule has 0 atom stereocenters. The lowest BCUT2D eigenvalue weighted by atomic mass is 10.2. The number of carbonyl (C=O) groups excluding carboxylic acids is 1. The number of rotatable bonds is 5. The van der Waals surface area contributed by atoms with Gasteiger partial charge in [-0.3, -0.25) is 0 Å². The van der Waals surface area contributed by atoms with Crippen LogP contribution >= 0.6 is 0 Å². The van der Waals surface area contributed by atoms with E-state index in [1.165, 1.54) is 11.9 Å². The van der Waals surface area contributed by atoms with E-state index in [-0.39, 0.29) is 0 Å². The number of piperazine rings is 1. The number of hydrogen-bond donors (Lipinski definition) is 0. The molecule has 1 aromatic carbocycles. The molecule has 1 aliphatic heterocycles. The molecule has 0 amide bonds. The highest BCUT2D eigenvalue weighted by Crippen LogP contribution is 2.23. The van der Waals surface area contributed by atoms with Gasteiger partial charge in [0.25, 0.3) is 5.95 Å². The van der Waals surface area contributed by atoms with Crippen molar-refractivity contribution < 1.29 is 9.53 Å². The Hall–Kier alpha value is -3.42. The number of carbonyl (C=O) groups is 1. The van der Waals surface area contributed by atoms with Crippen molar-refractivity contribution >= 4 is 17.5 Å². The Labute approximate surface area is 169 Å². The third-order valence-electron chi connectivity index (χ3n) is 4.87. The van der Waals surface area contributed by atoms with Crippen molar-refractivity contribution in [3.05, 3.63) is 60.0 Å². The standard InChI is InChI=1S/C21H24N6O2/c1-3-29-20(28)18-14-22-21(27-15-16(2)13-23-27)24-19(18)26-11-9-25(10-12-26)17-7-5-4-6-8-17/h4-8,13-15H,3,9-12H2,1-2H3. The first-order chi connectivity index (χ1) is 14.2. The van der Waals surface area contributed by atoms with E-state index >= 15 is 0 Å². The Balaban J connectivity index is 1.61. The SMILES string of the molecule is CCOC(=O)c1cnc(-n2cc(C)cn2)nc1N1CCN(c2ccccc2)CC1. The van der Waals surface area contributed by atoms with Gasteiger partial charge in [-0.2, -0.15) is 10.1 Å². The van der Waals surface area contributed by atoms with Crippen LogP contribution in [0.5, 0.6) is 0 Å². The van der Waals surface area contributed by atoms with Crippen molar-refractivity contribution in [2.24, 2.45) is 0 Å². The summed E-state index contributed by atoms with van der Waals surface area (Å²) in [6, 6.07) is 10.3. The molecule has 1 fully saturated rings. The van der Waals surface area contributed by atoms with Gasteiger partial charge < -0.3 is 14.5 Å². The molecule has 3 aromatic rings. The van der Waals surface area contributed by atoms with Gasteiger partial charge in [0.05, 0.1) is 12.8 Å². The summed E-state index contributed by atoms with van der Waals surface area (Å²) in [5.41, 5.74) is 2.60. The van der Waals surface area contributed by atoms with Crippen LogP contribution in [0, 0.1) is 6.92 Å². The van der Waals surface area contributed by atoms with Crippen LogP contribution in [0.25, 0.3) is 5.95 Å². The molecule has 8 nitrogen and oxygen atoms in total. The quantitative estimate of drug-likeness (QED) is 0.618.